The summed E-state index contributed by atoms with van der Waals surface area (Å²) in [7, 11) is 1.65. The first-order chi connectivity index (χ1) is 10.8. The Labute approximate surface area is 137 Å². The third kappa shape index (κ3) is 3.02. The van der Waals surface area contributed by atoms with Crippen molar-refractivity contribution in [3.8, 4) is 5.75 Å². The molecular weight excluding hydrogens is 294 g/mol. The van der Waals surface area contributed by atoms with Crippen molar-refractivity contribution in [2.75, 3.05) is 30.8 Å². The number of nitrogen functional groups attached to an aromatic ring is 1. The van der Waals surface area contributed by atoms with E-state index in [1.807, 2.05) is 43.9 Å². The van der Waals surface area contributed by atoms with E-state index in [9.17, 15) is 4.79 Å². The molecule has 2 N–H and O–H groups in total. The van der Waals surface area contributed by atoms with Crippen molar-refractivity contribution in [1.29, 1.82) is 0 Å². The molecule has 2 fully saturated rings. The van der Waals surface area contributed by atoms with Gasteiger partial charge in [0, 0.05) is 30.9 Å². The van der Waals surface area contributed by atoms with Gasteiger partial charge in [0.25, 0.3) is 0 Å². The monoisotopic (exact) mass is 319 g/mol. The van der Waals surface area contributed by atoms with Gasteiger partial charge in [0.15, 0.2) is 0 Å². The number of piperazine rings is 1. The molecule has 6 heteroatoms. The molecule has 2 saturated heterocycles. The molecule has 1 amide bonds. The minimum Gasteiger partial charge on any atom is -0.495 e. The topological polar surface area (TPSA) is 68.0 Å². The number of likely N-dealkylation sites (tertiary alicyclic amines) is 1. The Kier molecular flexibility index (Phi) is 3.78. The molecule has 1 aromatic carbocycles. The van der Waals surface area contributed by atoms with Crippen LogP contribution in [0.25, 0.3) is 0 Å². The standard InChI is InChI=1S/C17H25N3O3/c1-17(2,3)23-16(21)20-10-12-8-13(20)9-19(12)14-6-5-11(18)7-15(14)22-4/h5-7,12-13H,8-10,18H2,1-4H3. The van der Waals surface area contributed by atoms with Gasteiger partial charge in [-0.2, -0.15) is 0 Å². The zero-order chi connectivity index (χ0) is 16.8. The SMILES string of the molecule is COc1cc(N)ccc1N1CC2CC1CN2C(=O)OC(C)(C)C. The molecule has 126 valence electrons. The van der Waals surface area contributed by atoms with Gasteiger partial charge in [0.2, 0.25) is 0 Å². The number of nitrogens with two attached hydrogens (primary N) is 1. The Balaban J connectivity index is 1.73. The lowest BCUT2D eigenvalue weighted by Gasteiger charge is -2.36. The predicted molar refractivity (Wildman–Crippen MR) is 89.9 cm³/mol. The Morgan fingerprint density at radius 2 is 2.00 bits per heavy atom. The zero-order valence-corrected chi connectivity index (χ0v) is 14.2. The molecule has 2 aliphatic rings. The van der Waals surface area contributed by atoms with E-state index in [0.29, 0.717) is 18.3 Å². The predicted octanol–water partition coefficient (Wildman–Crippen LogP) is 2.48. The molecule has 0 aliphatic carbocycles. The maximum absolute atomic E-state index is 12.3. The highest BCUT2D eigenvalue weighted by Gasteiger charge is 2.47. The third-order valence-corrected chi connectivity index (χ3v) is 4.38. The fraction of sp³-hybridized carbons (Fsp3) is 0.588. The van der Waals surface area contributed by atoms with Crippen molar-refractivity contribution in [2.24, 2.45) is 0 Å². The van der Waals surface area contributed by atoms with E-state index in [2.05, 4.69) is 4.90 Å². The van der Waals surface area contributed by atoms with Crippen LogP contribution in [0.3, 0.4) is 0 Å². The molecule has 2 unspecified atom stereocenters. The Morgan fingerprint density at radius 3 is 2.57 bits per heavy atom. The van der Waals surface area contributed by atoms with E-state index in [4.69, 9.17) is 15.2 Å². The second kappa shape index (κ2) is 5.51. The second-order valence-electron chi connectivity index (χ2n) is 7.26. The Bertz CT molecular complexity index is 612. The van der Waals surface area contributed by atoms with E-state index in [1.54, 1.807) is 7.11 Å². The van der Waals surface area contributed by atoms with E-state index in [1.165, 1.54) is 0 Å². The minimum absolute atomic E-state index is 0.192. The molecule has 0 spiro atoms. The summed E-state index contributed by atoms with van der Waals surface area (Å²) >= 11 is 0. The molecular formula is C17H25N3O3. The average Bonchev–Trinajstić information content (AvgIpc) is 3.05. The summed E-state index contributed by atoms with van der Waals surface area (Å²) in [4.78, 5) is 16.5. The molecule has 2 heterocycles. The van der Waals surface area contributed by atoms with Crippen LogP contribution in [-0.4, -0.2) is 48.9 Å². The van der Waals surface area contributed by atoms with Gasteiger partial charge in [0.05, 0.1) is 18.8 Å². The maximum atomic E-state index is 12.3. The smallest absolute Gasteiger partial charge is 0.410 e. The van der Waals surface area contributed by atoms with E-state index in [0.717, 1.165) is 24.4 Å². The van der Waals surface area contributed by atoms with Crippen LogP contribution in [0.4, 0.5) is 16.2 Å². The van der Waals surface area contributed by atoms with Gasteiger partial charge in [-0.25, -0.2) is 4.79 Å². The third-order valence-electron chi connectivity index (χ3n) is 4.38. The zero-order valence-electron chi connectivity index (χ0n) is 14.2. The number of carbonyl (C=O) groups excluding carboxylic acids is 1. The highest BCUT2D eigenvalue weighted by atomic mass is 16.6. The lowest BCUT2D eigenvalue weighted by molar-refractivity contribution is 0.0214. The number of ether oxygens (including phenoxy) is 2. The number of benzene rings is 1. The fourth-order valence-electron chi connectivity index (χ4n) is 3.44. The number of methoxy groups -OCH3 is 1. The number of nitrogens with zero attached hydrogens (tertiary/aromatic N) is 2. The molecule has 3 rings (SSSR count). The number of fused-ring (bicyclic) bond motifs is 2. The van der Waals surface area contributed by atoms with Crippen molar-refractivity contribution >= 4 is 17.5 Å². The summed E-state index contributed by atoms with van der Waals surface area (Å²) in [6, 6.07) is 6.21. The van der Waals surface area contributed by atoms with Gasteiger partial charge in [-0.15, -0.1) is 0 Å². The number of carbonyl (C=O) groups is 1. The quantitative estimate of drug-likeness (QED) is 0.848. The van der Waals surface area contributed by atoms with Crippen LogP contribution in [0.2, 0.25) is 0 Å². The molecule has 2 bridgehead atoms. The van der Waals surface area contributed by atoms with Crippen LogP contribution < -0.4 is 15.4 Å². The van der Waals surface area contributed by atoms with Gasteiger partial charge < -0.3 is 25.0 Å². The molecule has 0 radical (unpaired) electrons. The van der Waals surface area contributed by atoms with Gasteiger partial charge in [-0.3, -0.25) is 0 Å². The number of rotatable bonds is 2. The largest absolute Gasteiger partial charge is 0.495 e. The summed E-state index contributed by atoms with van der Waals surface area (Å²) in [5.74, 6) is 0.779. The minimum atomic E-state index is -0.460. The highest BCUT2D eigenvalue weighted by molar-refractivity contribution is 5.71. The molecule has 6 nitrogen and oxygen atoms in total. The molecule has 2 aliphatic heterocycles. The molecule has 1 aromatic rings. The van der Waals surface area contributed by atoms with Crippen LogP contribution in [0.15, 0.2) is 18.2 Å². The highest BCUT2D eigenvalue weighted by Crippen LogP contribution is 2.40. The second-order valence-corrected chi connectivity index (χ2v) is 7.26. The Hall–Kier alpha value is -2.11. The lowest BCUT2D eigenvalue weighted by atomic mass is 10.2. The summed E-state index contributed by atoms with van der Waals surface area (Å²) in [6.07, 6.45) is 0.751. The van der Waals surface area contributed by atoms with E-state index < -0.39 is 5.60 Å². The summed E-state index contributed by atoms with van der Waals surface area (Å²) in [5.41, 5.74) is 7.10. The summed E-state index contributed by atoms with van der Waals surface area (Å²) in [6.45, 7) is 7.16. The Morgan fingerprint density at radius 1 is 1.26 bits per heavy atom. The maximum Gasteiger partial charge on any atom is 0.410 e. The first-order valence-electron chi connectivity index (χ1n) is 7.98. The fourth-order valence-corrected chi connectivity index (χ4v) is 3.44. The number of amides is 1. The van der Waals surface area contributed by atoms with Crippen LogP contribution in [0.1, 0.15) is 27.2 Å². The van der Waals surface area contributed by atoms with Crippen molar-refractivity contribution in [2.45, 2.75) is 44.9 Å². The van der Waals surface area contributed by atoms with Gasteiger partial charge >= 0.3 is 6.09 Å². The van der Waals surface area contributed by atoms with E-state index >= 15 is 0 Å². The summed E-state index contributed by atoms with van der Waals surface area (Å²) < 4.78 is 11.0. The first kappa shape index (κ1) is 15.8. The molecule has 0 saturated carbocycles. The van der Waals surface area contributed by atoms with Crippen LogP contribution in [0, 0.1) is 0 Å². The number of hydrogen-bond donors (Lipinski definition) is 1. The van der Waals surface area contributed by atoms with Crippen molar-refractivity contribution in [3.63, 3.8) is 0 Å². The van der Waals surface area contributed by atoms with Crippen molar-refractivity contribution in [1.82, 2.24) is 4.90 Å². The van der Waals surface area contributed by atoms with E-state index in [-0.39, 0.29) is 12.1 Å². The number of anilines is 2. The van der Waals surface area contributed by atoms with Crippen molar-refractivity contribution in [3.05, 3.63) is 18.2 Å². The normalized spacial score (nSPS) is 23.3. The summed E-state index contributed by atoms with van der Waals surface area (Å²) in [5, 5.41) is 0. The van der Waals surface area contributed by atoms with Crippen LogP contribution in [0.5, 0.6) is 5.75 Å². The van der Waals surface area contributed by atoms with Gasteiger partial charge in [-0.05, 0) is 39.3 Å². The van der Waals surface area contributed by atoms with Crippen LogP contribution in [-0.2, 0) is 4.74 Å². The first-order valence-corrected chi connectivity index (χ1v) is 7.98. The molecule has 2 atom stereocenters. The number of hydrogen-bond acceptors (Lipinski definition) is 5. The molecule has 0 aromatic heterocycles. The van der Waals surface area contributed by atoms with Crippen LogP contribution >= 0.6 is 0 Å². The average molecular weight is 319 g/mol. The van der Waals surface area contributed by atoms with Gasteiger partial charge in [0.1, 0.15) is 11.4 Å². The molecule has 23 heavy (non-hydrogen) atoms. The van der Waals surface area contributed by atoms with Crippen molar-refractivity contribution < 1.29 is 14.3 Å². The van der Waals surface area contributed by atoms with Gasteiger partial charge in [-0.1, -0.05) is 0 Å². The lowest BCUT2D eigenvalue weighted by Crippen LogP contribution is -2.50.